The summed E-state index contributed by atoms with van der Waals surface area (Å²) < 4.78 is 0. The van der Waals surface area contributed by atoms with Crippen molar-refractivity contribution in [2.45, 2.75) is 38.1 Å². The molecule has 0 aromatic heterocycles. The van der Waals surface area contributed by atoms with E-state index in [1.807, 2.05) is 0 Å². The number of nitrogens with one attached hydrogen (secondary N) is 1. The second-order valence-corrected chi connectivity index (χ2v) is 4.22. The molecule has 1 aliphatic rings. The molecular weight excluding hydrogens is 172 g/mol. The van der Waals surface area contributed by atoms with E-state index in [1.165, 1.54) is 32.4 Å². The summed E-state index contributed by atoms with van der Waals surface area (Å²) in [5, 5.41) is 3.60. The molecule has 0 radical (unpaired) electrons. The molecule has 2 nitrogen and oxygen atoms in total. The molecule has 0 aromatic rings. The monoisotopic (exact) mass is 194 g/mol. The van der Waals surface area contributed by atoms with Crippen molar-refractivity contribution in [3.05, 3.63) is 0 Å². The number of hydrogen-bond acceptors (Lipinski definition) is 2. The quantitative estimate of drug-likeness (QED) is 0.527. The minimum Gasteiger partial charge on any atom is -0.313 e. The van der Waals surface area contributed by atoms with Gasteiger partial charge in [-0.05, 0) is 45.8 Å². The van der Waals surface area contributed by atoms with Crippen molar-refractivity contribution in [2.24, 2.45) is 0 Å². The number of hydrogen-bond donors (Lipinski definition) is 1. The van der Waals surface area contributed by atoms with Crippen molar-refractivity contribution in [1.82, 2.24) is 10.2 Å². The maximum absolute atomic E-state index is 5.19. The largest absolute Gasteiger partial charge is 0.313 e. The second-order valence-electron chi connectivity index (χ2n) is 4.22. The van der Waals surface area contributed by atoms with Gasteiger partial charge in [-0.15, -0.1) is 12.3 Å². The average Bonchev–Trinajstić information content (AvgIpc) is 2.18. The van der Waals surface area contributed by atoms with Crippen molar-refractivity contribution in [3.63, 3.8) is 0 Å². The number of nitrogens with zero attached hydrogens (tertiary/aromatic N) is 1. The summed E-state index contributed by atoms with van der Waals surface area (Å²) >= 11 is 0. The molecule has 1 fully saturated rings. The number of rotatable bonds is 5. The molecule has 0 spiro atoms. The second kappa shape index (κ2) is 6.86. The number of piperidine rings is 1. The van der Waals surface area contributed by atoms with Crippen molar-refractivity contribution >= 4 is 0 Å². The molecule has 0 aromatic carbocycles. The van der Waals surface area contributed by atoms with Gasteiger partial charge in [0.05, 0.1) is 0 Å². The van der Waals surface area contributed by atoms with E-state index in [1.54, 1.807) is 0 Å². The summed E-state index contributed by atoms with van der Waals surface area (Å²) in [5.74, 6) is 2.68. The van der Waals surface area contributed by atoms with E-state index in [9.17, 15) is 0 Å². The fourth-order valence-corrected chi connectivity index (χ4v) is 1.99. The highest BCUT2D eigenvalue weighted by Gasteiger charge is 2.15. The van der Waals surface area contributed by atoms with E-state index in [-0.39, 0.29) is 0 Å². The molecule has 2 heteroatoms. The Morgan fingerprint density at radius 1 is 1.50 bits per heavy atom. The van der Waals surface area contributed by atoms with Crippen molar-refractivity contribution in [2.75, 3.05) is 26.7 Å². The Morgan fingerprint density at radius 2 is 2.36 bits per heavy atom. The molecule has 1 unspecified atom stereocenters. The Hall–Kier alpha value is -0.520. The standard InChI is InChI=1S/C12H22N2/c1-3-4-5-6-9-13-12-8-7-10-14(2)11-12/h1,12-13H,4-11H2,2H3. The SMILES string of the molecule is C#CCCCCNC1CCCN(C)C1. The van der Waals surface area contributed by atoms with Gasteiger partial charge in [0.15, 0.2) is 0 Å². The van der Waals surface area contributed by atoms with Crippen LogP contribution in [0.25, 0.3) is 0 Å². The summed E-state index contributed by atoms with van der Waals surface area (Å²) in [7, 11) is 2.20. The number of unbranched alkanes of at least 4 members (excludes halogenated alkanes) is 2. The normalized spacial score (nSPS) is 23.3. The number of terminal acetylenes is 1. The minimum atomic E-state index is 0.708. The van der Waals surface area contributed by atoms with Crippen LogP contribution < -0.4 is 5.32 Å². The van der Waals surface area contributed by atoms with Gasteiger partial charge in [-0.1, -0.05) is 0 Å². The predicted octanol–water partition coefficient (Wildman–Crippen LogP) is 1.47. The number of likely N-dealkylation sites (tertiary alicyclic amines) is 1. The van der Waals surface area contributed by atoms with Crippen LogP contribution in [0.15, 0.2) is 0 Å². The molecular formula is C12H22N2. The first-order chi connectivity index (χ1) is 6.83. The molecule has 1 N–H and O–H groups in total. The molecule has 80 valence electrons. The van der Waals surface area contributed by atoms with E-state index in [2.05, 4.69) is 23.2 Å². The third-order valence-corrected chi connectivity index (χ3v) is 2.81. The van der Waals surface area contributed by atoms with E-state index in [0.717, 1.165) is 19.4 Å². The van der Waals surface area contributed by atoms with Crippen LogP contribution in [-0.2, 0) is 0 Å². The molecule has 0 aliphatic carbocycles. The summed E-state index contributed by atoms with van der Waals surface area (Å²) in [5.41, 5.74) is 0. The zero-order valence-electron chi connectivity index (χ0n) is 9.26. The van der Waals surface area contributed by atoms with E-state index < -0.39 is 0 Å². The minimum absolute atomic E-state index is 0.708. The lowest BCUT2D eigenvalue weighted by molar-refractivity contribution is 0.227. The first-order valence-corrected chi connectivity index (χ1v) is 5.68. The smallest absolute Gasteiger partial charge is 0.0195 e. The van der Waals surface area contributed by atoms with Gasteiger partial charge in [-0.25, -0.2) is 0 Å². The fraction of sp³-hybridized carbons (Fsp3) is 0.833. The van der Waals surface area contributed by atoms with Crippen molar-refractivity contribution in [1.29, 1.82) is 0 Å². The van der Waals surface area contributed by atoms with Gasteiger partial charge in [0.2, 0.25) is 0 Å². The molecule has 1 aliphatic heterocycles. The molecule has 1 atom stereocenters. The lowest BCUT2D eigenvalue weighted by Crippen LogP contribution is -2.44. The van der Waals surface area contributed by atoms with Crippen LogP contribution in [-0.4, -0.2) is 37.6 Å². The topological polar surface area (TPSA) is 15.3 Å². The Morgan fingerprint density at radius 3 is 3.07 bits per heavy atom. The van der Waals surface area contributed by atoms with Crippen molar-refractivity contribution in [3.8, 4) is 12.3 Å². The highest BCUT2D eigenvalue weighted by molar-refractivity contribution is 4.83. The summed E-state index contributed by atoms with van der Waals surface area (Å²) in [4.78, 5) is 2.41. The molecule has 1 rings (SSSR count). The van der Waals surface area contributed by atoms with Gasteiger partial charge in [0.25, 0.3) is 0 Å². The summed E-state index contributed by atoms with van der Waals surface area (Å²) in [6.45, 7) is 3.59. The highest BCUT2D eigenvalue weighted by Crippen LogP contribution is 2.07. The van der Waals surface area contributed by atoms with Crippen LogP contribution in [0.3, 0.4) is 0 Å². The van der Waals surface area contributed by atoms with Gasteiger partial charge >= 0.3 is 0 Å². The molecule has 1 saturated heterocycles. The predicted molar refractivity (Wildman–Crippen MR) is 61.2 cm³/mol. The van der Waals surface area contributed by atoms with Crippen LogP contribution in [0.5, 0.6) is 0 Å². The van der Waals surface area contributed by atoms with Crippen LogP contribution in [0, 0.1) is 12.3 Å². The molecule has 14 heavy (non-hydrogen) atoms. The van der Waals surface area contributed by atoms with Crippen LogP contribution >= 0.6 is 0 Å². The van der Waals surface area contributed by atoms with E-state index >= 15 is 0 Å². The van der Waals surface area contributed by atoms with Crippen LogP contribution in [0.1, 0.15) is 32.1 Å². The van der Waals surface area contributed by atoms with Crippen molar-refractivity contribution < 1.29 is 0 Å². The third-order valence-electron chi connectivity index (χ3n) is 2.81. The molecule has 0 amide bonds. The van der Waals surface area contributed by atoms with Gasteiger partial charge in [0.1, 0.15) is 0 Å². The van der Waals surface area contributed by atoms with Gasteiger partial charge in [0, 0.05) is 19.0 Å². The lowest BCUT2D eigenvalue weighted by Gasteiger charge is -2.30. The van der Waals surface area contributed by atoms with Crippen LogP contribution in [0.2, 0.25) is 0 Å². The average molecular weight is 194 g/mol. The maximum atomic E-state index is 5.19. The maximum Gasteiger partial charge on any atom is 0.0195 e. The lowest BCUT2D eigenvalue weighted by atomic mass is 10.1. The highest BCUT2D eigenvalue weighted by atomic mass is 15.1. The van der Waals surface area contributed by atoms with Gasteiger partial charge in [-0.3, -0.25) is 0 Å². The van der Waals surface area contributed by atoms with E-state index in [0.29, 0.717) is 6.04 Å². The molecule has 0 bridgehead atoms. The summed E-state index contributed by atoms with van der Waals surface area (Å²) in [6, 6.07) is 0.708. The Balaban J connectivity index is 1.98. The van der Waals surface area contributed by atoms with E-state index in [4.69, 9.17) is 6.42 Å². The third kappa shape index (κ3) is 4.64. The Kier molecular flexibility index (Phi) is 5.66. The van der Waals surface area contributed by atoms with Crippen LogP contribution in [0.4, 0.5) is 0 Å². The van der Waals surface area contributed by atoms with Gasteiger partial charge in [-0.2, -0.15) is 0 Å². The zero-order chi connectivity index (χ0) is 10.2. The molecule has 1 heterocycles. The molecule has 0 saturated carbocycles. The Bertz CT molecular complexity index is 183. The Labute approximate surface area is 88.1 Å². The summed E-state index contributed by atoms with van der Waals surface area (Å²) in [6.07, 6.45) is 11.2. The number of likely N-dealkylation sites (N-methyl/N-ethyl adjacent to an activating group) is 1. The first kappa shape index (κ1) is 11.6. The van der Waals surface area contributed by atoms with Gasteiger partial charge < -0.3 is 10.2 Å². The zero-order valence-corrected chi connectivity index (χ0v) is 9.26. The fourth-order valence-electron chi connectivity index (χ4n) is 1.99. The first-order valence-electron chi connectivity index (χ1n) is 5.68.